The van der Waals surface area contributed by atoms with Gasteiger partial charge in [-0.1, -0.05) is 42.5 Å². The van der Waals surface area contributed by atoms with Gasteiger partial charge in [-0.15, -0.1) is 0 Å². The van der Waals surface area contributed by atoms with Crippen LogP contribution in [0.1, 0.15) is 18.0 Å². The molecule has 4 atom stereocenters. The zero-order valence-electron chi connectivity index (χ0n) is 14.7. The number of esters is 2. The largest absolute Gasteiger partial charge is 0.469 e. The molecular weight excluding hydrogens is 354 g/mol. The minimum atomic E-state index is -0.719. The molecule has 1 heterocycles. The third kappa shape index (κ3) is 3.31. The molecule has 0 N–H and O–H groups in total. The van der Waals surface area contributed by atoms with Crippen molar-refractivity contribution in [2.24, 2.45) is 11.8 Å². The van der Waals surface area contributed by atoms with Gasteiger partial charge in [-0.2, -0.15) is 0 Å². The van der Waals surface area contributed by atoms with Crippen molar-refractivity contribution in [1.82, 2.24) is 4.90 Å². The molecule has 2 aliphatic rings. The summed E-state index contributed by atoms with van der Waals surface area (Å²) in [6, 6.07) is 9.23. The molecule has 0 spiro atoms. The van der Waals surface area contributed by atoms with Gasteiger partial charge in [0.05, 0.1) is 38.1 Å². The Balaban J connectivity index is 1.99. The smallest absolute Gasteiger partial charge is 0.311 e. The molecule has 0 bridgehead atoms. The molecule has 0 radical (unpaired) electrons. The van der Waals surface area contributed by atoms with Crippen LogP contribution in [0, 0.1) is 11.8 Å². The van der Waals surface area contributed by atoms with Crippen LogP contribution < -0.4 is 0 Å². The fourth-order valence-electron chi connectivity index (χ4n) is 3.66. The number of ether oxygens (including phenoxy) is 3. The normalized spacial score (nSPS) is 27.8. The van der Waals surface area contributed by atoms with Crippen molar-refractivity contribution < 1.29 is 23.8 Å². The van der Waals surface area contributed by atoms with Crippen LogP contribution in [0.4, 0.5) is 0 Å². The van der Waals surface area contributed by atoms with Crippen molar-refractivity contribution in [3.63, 3.8) is 0 Å². The number of benzene rings is 1. The summed E-state index contributed by atoms with van der Waals surface area (Å²) in [6.45, 7) is 0.393. The van der Waals surface area contributed by atoms with Gasteiger partial charge in [0.15, 0.2) is 0 Å². The van der Waals surface area contributed by atoms with Gasteiger partial charge >= 0.3 is 11.9 Å². The van der Waals surface area contributed by atoms with Crippen molar-refractivity contribution in [2.45, 2.75) is 18.5 Å². The lowest BCUT2D eigenvalue weighted by molar-refractivity contribution is -0.159. The Morgan fingerprint density at radius 3 is 2.50 bits per heavy atom. The number of methoxy groups -OCH3 is 2. The van der Waals surface area contributed by atoms with E-state index < -0.39 is 29.8 Å². The van der Waals surface area contributed by atoms with Crippen LogP contribution >= 0.6 is 12.2 Å². The van der Waals surface area contributed by atoms with Gasteiger partial charge < -0.3 is 19.1 Å². The summed E-state index contributed by atoms with van der Waals surface area (Å²) < 4.78 is 15.5. The van der Waals surface area contributed by atoms with Crippen LogP contribution in [0.25, 0.3) is 0 Å². The second-order valence-corrected chi connectivity index (χ2v) is 6.59. The topological polar surface area (TPSA) is 65.1 Å². The fraction of sp³-hybridized carbons (Fsp3) is 0.421. The first-order chi connectivity index (χ1) is 12.6. The summed E-state index contributed by atoms with van der Waals surface area (Å²) in [7, 11) is 2.64. The van der Waals surface area contributed by atoms with Crippen LogP contribution in [0.5, 0.6) is 0 Å². The third-order valence-electron chi connectivity index (χ3n) is 4.92. The maximum absolute atomic E-state index is 12.5. The summed E-state index contributed by atoms with van der Waals surface area (Å²) in [4.78, 5) is 26.7. The van der Waals surface area contributed by atoms with E-state index in [-0.39, 0.29) is 6.04 Å². The highest BCUT2D eigenvalue weighted by molar-refractivity contribution is 7.80. The SMILES string of the molecule is COC(=O)[C@@H]1[C@@H](C(=O)OC)CC=C[C@@H]1N1C(=S)OC[C@H]1c1ccccc1. The molecule has 1 aliphatic carbocycles. The maximum Gasteiger partial charge on any atom is 0.311 e. The molecule has 7 heteroatoms. The highest BCUT2D eigenvalue weighted by Crippen LogP contribution is 2.38. The first-order valence-electron chi connectivity index (χ1n) is 8.40. The predicted molar refractivity (Wildman–Crippen MR) is 98.1 cm³/mol. The Hall–Kier alpha value is -2.41. The van der Waals surface area contributed by atoms with Gasteiger partial charge in [-0.25, -0.2) is 0 Å². The summed E-state index contributed by atoms with van der Waals surface area (Å²) in [6.07, 6.45) is 4.20. The molecule has 1 fully saturated rings. The van der Waals surface area contributed by atoms with Gasteiger partial charge in [0.1, 0.15) is 6.61 Å². The minimum absolute atomic E-state index is 0.137. The number of rotatable bonds is 4. The van der Waals surface area contributed by atoms with E-state index in [1.54, 1.807) is 0 Å². The van der Waals surface area contributed by atoms with Crippen LogP contribution in [0.3, 0.4) is 0 Å². The zero-order valence-corrected chi connectivity index (χ0v) is 15.5. The molecule has 0 amide bonds. The van der Waals surface area contributed by atoms with E-state index in [4.69, 9.17) is 26.4 Å². The van der Waals surface area contributed by atoms with E-state index in [1.165, 1.54) is 14.2 Å². The number of allylic oxidation sites excluding steroid dienone is 1. The van der Waals surface area contributed by atoms with Gasteiger partial charge in [0, 0.05) is 0 Å². The lowest BCUT2D eigenvalue weighted by Crippen LogP contribution is -2.50. The number of nitrogens with zero attached hydrogens (tertiary/aromatic N) is 1. The molecule has 1 aromatic carbocycles. The highest BCUT2D eigenvalue weighted by atomic mass is 32.1. The van der Waals surface area contributed by atoms with E-state index in [9.17, 15) is 9.59 Å². The molecule has 0 saturated carbocycles. The molecular formula is C19H21NO5S. The zero-order chi connectivity index (χ0) is 18.7. The maximum atomic E-state index is 12.5. The molecule has 0 unspecified atom stereocenters. The first-order valence-corrected chi connectivity index (χ1v) is 8.81. The average Bonchev–Trinajstić information content (AvgIpc) is 3.08. The molecule has 1 saturated heterocycles. The Bertz CT molecular complexity index is 720. The predicted octanol–water partition coefficient (Wildman–Crippen LogP) is 2.25. The van der Waals surface area contributed by atoms with E-state index in [2.05, 4.69) is 0 Å². The standard InChI is InChI=1S/C19H21NO5S/c1-23-17(21)13-9-6-10-14(16(13)18(22)24-2)20-15(11-25-19(20)26)12-7-4-3-5-8-12/h3-8,10,13-16H,9,11H2,1-2H3/t13-,14-,15-,16+/m0/s1. The summed E-state index contributed by atoms with van der Waals surface area (Å²) in [5, 5.41) is 0.313. The quantitative estimate of drug-likeness (QED) is 0.454. The van der Waals surface area contributed by atoms with E-state index in [0.29, 0.717) is 18.2 Å². The van der Waals surface area contributed by atoms with Gasteiger partial charge in [-0.3, -0.25) is 9.59 Å². The van der Waals surface area contributed by atoms with Crippen molar-refractivity contribution in [1.29, 1.82) is 0 Å². The molecule has 26 heavy (non-hydrogen) atoms. The molecule has 0 aromatic heterocycles. The lowest BCUT2D eigenvalue weighted by Gasteiger charge is -2.39. The third-order valence-corrected chi connectivity index (χ3v) is 5.25. The highest BCUT2D eigenvalue weighted by Gasteiger charge is 2.48. The molecule has 138 valence electrons. The van der Waals surface area contributed by atoms with E-state index in [0.717, 1.165) is 5.56 Å². The van der Waals surface area contributed by atoms with Crippen LogP contribution in [-0.2, 0) is 23.8 Å². The first kappa shape index (κ1) is 18.4. The number of hydrogen-bond acceptors (Lipinski definition) is 6. The Morgan fingerprint density at radius 2 is 1.85 bits per heavy atom. The van der Waals surface area contributed by atoms with Gasteiger partial charge in [-0.05, 0) is 24.2 Å². The van der Waals surface area contributed by atoms with E-state index in [1.807, 2.05) is 47.4 Å². The van der Waals surface area contributed by atoms with Crippen molar-refractivity contribution in [2.75, 3.05) is 20.8 Å². The second-order valence-electron chi connectivity index (χ2n) is 6.24. The van der Waals surface area contributed by atoms with Crippen molar-refractivity contribution in [3.05, 3.63) is 48.0 Å². The van der Waals surface area contributed by atoms with Gasteiger partial charge in [0.25, 0.3) is 5.17 Å². The fourth-order valence-corrected chi connectivity index (χ4v) is 3.98. The Labute approximate surface area is 157 Å². The van der Waals surface area contributed by atoms with Crippen molar-refractivity contribution in [3.8, 4) is 0 Å². The molecule has 6 nitrogen and oxygen atoms in total. The van der Waals surface area contributed by atoms with Crippen LogP contribution in [0.15, 0.2) is 42.5 Å². The monoisotopic (exact) mass is 375 g/mol. The lowest BCUT2D eigenvalue weighted by atomic mass is 9.78. The van der Waals surface area contributed by atoms with Gasteiger partial charge in [0.2, 0.25) is 0 Å². The minimum Gasteiger partial charge on any atom is -0.469 e. The van der Waals surface area contributed by atoms with E-state index >= 15 is 0 Å². The number of carbonyl (C=O) groups excluding carboxylic acids is 2. The average molecular weight is 375 g/mol. The number of hydrogen-bond donors (Lipinski definition) is 0. The summed E-state index contributed by atoms with van der Waals surface area (Å²) in [5.41, 5.74) is 1.03. The Kier molecular flexibility index (Phi) is 5.56. The summed E-state index contributed by atoms with van der Waals surface area (Å²) >= 11 is 5.41. The molecule has 3 rings (SSSR count). The number of thiocarbonyl (C=S) groups is 1. The number of carbonyl (C=O) groups is 2. The molecule has 1 aromatic rings. The molecule has 1 aliphatic heterocycles. The Morgan fingerprint density at radius 1 is 1.15 bits per heavy atom. The second kappa shape index (κ2) is 7.86. The van der Waals surface area contributed by atoms with Crippen molar-refractivity contribution >= 4 is 29.3 Å². The summed E-state index contributed by atoms with van der Waals surface area (Å²) in [5.74, 6) is -2.24. The van der Waals surface area contributed by atoms with Crippen LogP contribution in [-0.4, -0.2) is 48.9 Å². The van der Waals surface area contributed by atoms with Crippen LogP contribution in [0.2, 0.25) is 0 Å².